The second-order valence-electron chi connectivity index (χ2n) is 3.64. The monoisotopic (exact) mass is 249 g/mol. The zero-order chi connectivity index (χ0) is 12.9. The van der Waals surface area contributed by atoms with Gasteiger partial charge in [-0.25, -0.2) is 9.59 Å². The lowest BCUT2D eigenvalue weighted by Gasteiger charge is -2.10. The molecule has 0 aromatic rings. The minimum atomic E-state index is -0.838. The average molecular weight is 250 g/mol. The minimum Gasteiger partial charge on any atom is -0.459 e. The Labute approximate surface area is 99.5 Å². The van der Waals surface area contributed by atoms with E-state index < -0.39 is 22.7 Å². The molecule has 0 aliphatic carbocycles. The van der Waals surface area contributed by atoms with Gasteiger partial charge >= 0.3 is 11.9 Å². The van der Waals surface area contributed by atoms with E-state index in [1.54, 1.807) is 27.7 Å². The number of hydrogen-bond donors (Lipinski definition) is 1. The summed E-state index contributed by atoms with van der Waals surface area (Å²) in [5.41, 5.74) is 4.91. The molecular weight excluding hydrogens is 234 g/mol. The molecule has 0 saturated heterocycles. The second-order valence-corrected chi connectivity index (χ2v) is 4.01. The van der Waals surface area contributed by atoms with E-state index in [0.29, 0.717) is 0 Å². The third kappa shape index (κ3) is 5.02. The molecule has 0 aromatic carbocycles. The van der Waals surface area contributed by atoms with Gasteiger partial charge in [0, 0.05) is 0 Å². The molecule has 5 nitrogen and oxygen atoms in total. The van der Waals surface area contributed by atoms with Crippen LogP contribution in [0, 0.1) is 0 Å². The number of rotatable bonds is 4. The maximum atomic E-state index is 11.3. The van der Waals surface area contributed by atoms with Crippen LogP contribution in [0.2, 0.25) is 0 Å². The fourth-order valence-electron chi connectivity index (χ4n) is 0.743. The molecule has 0 fully saturated rings. The summed E-state index contributed by atoms with van der Waals surface area (Å²) in [5.74, 6) is -1.67. The molecular formula is C10H16ClNO4. The molecule has 0 aliphatic rings. The van der Waals surface area contributed by atoms with E-state index in [0.717, 1.165) is 0 Å². The summed E-state index contributed by atoms with van der Waals surface area (Å²) in [7, 11) is 0. The van der Waals surface area contributed by atoms with Gasteiger partial charge in [-0.1, -0.05) is 11.6 Å². The van der Waals surface area contributed by atoms with E-state index in [-0.39, 0.29) is 12.2 Å². The number of esters is 2. The number of carbonyl (C=O) groups excluding carboxylic acids is 2. The van der Waals surface area contributed by atoms with Gasteiger partial charge < -0.3 is 15.2 Å². The van der Waals surface area contributed by atoms with E-state index in [9.17, 15) is 9.59 Å². The predicted molar refractivity (Wildman–Crippen MR) is 59.5 cm³/mol. The van der Waals surface area contributed by atoms with Crippen molar-refractivity contribution in [2.75, 3.05) is 0 Å². The van der Waals surface area contributed by atoms with Crippen LogP contribution in [0.25, 0.3) is 0 Å². The summed E-state index contributed by atoms with van der Waals surface area (Å²) in [6.45, 7) is 6.63. The Morgan fingerprint density at radius 2 is 1.38 bits per heavy atom. The van der Waals surface area contributed by atoms with Gasteiger partial charge in [-0.15, -0.1) is 0 Å². The summed E-state index contributed by atoms with van der Waals surface area (Å²) < 4.78 is 9.55. The average Bonchev–Trinajstić information content (AvgIpc) is 2.13. The number of ether oxygens (including phenoxy) is 2. The zero-order valence-electron chi connectivity index (χ0n) is 9.74. The fourth-order valence-corrected chi connectivity index (χ4v) is 0.865. The van der Waals surface area contributed by atoms with Gasteiger partial charge in [-0.2, -0.15) is 0 Å². The van der Waals surface area contributed by atoms with E-state index in [2.05, 4.69) is 0 Å². The van der Waals surface area contributed by atoms with Crippen LogP contribution in [-0.4, -0.2) is 24.1 Å². The van der Waals surface area contributed by atoms with Crippen molar-refractivity contribution in [1.82, 2.24) is 0 Å². The molecule has 2 N–H and O–H groups in total. The summed E-state index contributed by atoms with van der Waals surface area (Å²) in [4.78, 5) is 22.6. The molecule has 0 unspecified atom stereocenters. The zero-order valence-corrected chi connectivity index (χ0v) is 10.5. The number of hydrogen-bond acceptors (Lipinski definition) is 5. The highest BCUT2D eigenvalue weighted by Crippen LogP contribution is 2.11. The Bertz CT molecular complexity index is 280. The molecule has 0 amide bonds. The highest BCUT2D eigenvalue weighted by molar-refractivity contribution is 6.43. The van der Waals surface area contributed by atoms with Gasteiger partial charge in [0.05, 0.1) is 12.2 Å². The van der Waals surface area contributed by atoms with Gasteiger partial charge in [0.1, 0.15) is 5.70 Å². The molecule has 16 heavy (non-hydrogen) atoms. The molecule has 0 saturated carbocycles. The van der Waals surface area contributed by atoms with Crippen molar-refractivity contribution in [3.05, 3.63) is 10.7 Å². The lowest BCUT2D eigenvalue weighted by Crippen LogP contribution is -2.23. The molecule has 6 heteroatoms. The Balaban J connectivity index is 4.68. The summed E-state index contributed by atoms with van der Waals surface area (Å²) in [6, 6.07) is 0. The van der Waals surface area contributed by atoms with Gasteiger partial charge in [0.25, 0.3) is 0 Å². The molecule has 0 radical (unpaired) electrons. The Kier molecular flexibility index (Phi) is 5.88. The van der Waals surface area contributed by atoms with Crippen LogP contribution in [0.15, 0.2) is 10.7 Å². The van der Waals surface area contributed by atoms with Crippen LogP contribution < -0.4 is 5.73 Å². The Morgan fingerprint density at radius 1 is 1.00 bits per heavy atom. The fraction of sp³-hybridized carbons (Fsp3) is 0.600. The van der Waals surface area contributed by atoms with Gasteiger partial charge in [-0.05, 0) is 27.7 Å². The topological polar surface area (TPSA) is 78.6 Å². The first-order valence-corrected chi connectivity index (χ1v) is 5.20. The molecule has 0 aromatic heterocycles. The van der Waals surface area contributed by atoms with Crippen LogP contribution in [0.1, 0.15) is 27.7 Å². The largest absolute Gasteiger partial charge is 0.459 e. The van der Waals surface area contributed by atoms with Crippen LogP contribution in [0.5, 0.6) is 0 Å². The summed E-state index contributed by atoms with van der Waals surface area (Å²) in [5, 5.41) is -0.459. The first-order valence-electron chi connectivity index (χ1n) is 4.82. The van der Waals surface area contributed by atoms with Crippen molar-refractivity contribution in [2.45, 2.75) is 39.9 Å². The highest BCUT2D eigenvalue weighted by atomic mass is 35.5. The van der Waals surface area contributed by atoms with Crippen molar-refractivity contribution in [2.24, 2.45) is 5.73 Å². The van der Waals surface area contributed by atoms with E-state index in [1.165, 1.54) is 0 Å². The maximum Gasteiger partial charge on any atom is 0.356 e. The number of halogens is 1. The highest BCUT2D eigenvalue weighted by Gasteiger charge is 2.20. The lowest BCUT2D eigenvalue weighted by atomic mass is 10.4. The first kappa shape index (κ1) is 14.8. The summed E-state index contributed by atoms with van der Waals surface area (Å²) >= 11 is 5.58. The van der Waals surface area contributed by atoms with Crippen molar-refractivity contribution in [1.29, 1.82) is 0 Å². The Hall–Kier alpha value is -1.23. The molecule has 0 rings (SSSR count). The van der Waals surface area contributed by atoms with Crippen molar-refractivity contribution >= 4 is 23.5 Å². The summed E-state index contributed by atoms with van der Waals surface area (Å²) in [6.07, 6.45) is -0.674. The standard InChI is InChI=1S/C10H16ClNO4/c1-5(2)15-9(13)7(11)8(12)10(14)16-6(3)4/h5-6H,12H2,1-4H3/b8-7-. The molecule has 92 valence electrons. The smallest absolute Gasteiger partial charge is 0.356 e. The molecule has 0 heterocycles. The van der Waals surface area contributed by atoms with Gasteiger partial charge in [-0.3, -0.25) is 0 Å². The van der Waals surface area contributed by atoms with Gasteiger partial charge in [0.15, 0.2) is 5.03 Å². The lowest BCUT2D eigenvalue weighted by molar-refractivity contribution is -0.145. The minimum absolute atomic E-state index is 0.336. The third-order valence-corrected chi connectivity index (χ3v) is 1.68. The Morgan fingerprint density at radius 3 is 1.75 bits per heavy atom. The van der Waals surface area contributed by atoms with Crippen LogP contribution in [-0.2, 0) is 19.1 Å². The van der Waals surface area contributed by atoms with Crippen LogP contribution in [0.4, 0.5) is 0 Å². The van der Waals surface area contributed by atoms with Crippen molar-refractivity contribution < 1.29 is 19.1 Å². The van der Waals surface area contributed by atoms with E-state index in [1.807, 2.05) is 0 Å². The van der Waals surface area contributed by atoms with Crippen LogP contribution in [0.3, 0.4) is 0 Å². The van der Waals surface area contributed by atoms with E-state index >= 15 is 0 Å². The maximum absolute atomic E-state index is 11.3. The number of carbonyl (C=O) groups is 2. The first-order chi connectivity index (χ1) is 7.25. The predicted octanol–water partition coefficient (Wildman–Crippen LogP) is 1.30. The normalized spacial score (nSPS) is 12.4. The van der Waals surface area contributed by atoms with Gasteiger partial charge in [0.2, 0.25) is 0 Å². The molecule has 0 bridgehead atoms. The van der Waals surface area contributed by atoms with Crippen molar-refractivity contribution in [3.63, 3.8) is 0 Å². The second kappa shape index (κ2) is 6.37. The van der Waals surface area contributed by atoms with E-state index in [4.69, 9.17) is 26.8 Å². The SMILES string of the molecule is CC(C)OC(=O)/C(N)=C(/Cl)C(=O)OC(C)C. The molecule has 0 atom stereocenters. The van der Waals surface area contributed by atoms with Crippen molar-refractivity contribution in [3.8, 4) is 0 Å². The number of nitrogens with two attached hydrogens (primary N) is 1. The molecule has 0 aliphatic heterocycles. The molecule has 0 spiro atoms. The quantitative estimate of drug-likeness (QED) is 0.600. The van der Waals surface area contributed by atoms with Crippen LogP contribution >= 0.6 is 11.6 Å². The third-order valence-electron chi connectivity index (χ3n) is 1.32.